The lowest BCUT2D eigenvalue weighted by molar-refractivity contribution is 0.199. The number of nitrogens with one attached hydrogen (secondary N) is 1. The molecule has 118 valence electrons. The summed E-state index contributed by atoms with van der Waals surface area (Å²) in [5, 5.41) is 3.62. The number of nitrogens with zero attached hydrogens (tertiary/aromatic N) is 1. The van der Waals surface area contributed by atoms with Gasteiger partial charge in [0.2, 0.25) is 0 Å². The Labute approximate surface area is 130 Å². The van der Waals surface area contributed by atoms with E-state index in [1.807, 2.05) is 0 Å². The van der Waals surface area contributed by atoms with Crippen LogP contribution in [-0.4, -0.2) is 23.0 Å². The maximum Gasteiger partial charge on any atom is 0.0239 e. The lowest BCUT2D eigenvalue weighted by Crippen LogP contribution is -2.36. The Balaban J connectivity index is 2.04. The maximum absolute atomic E-state index is 3.62. The highest BCUT2D eigenvalue weighted by molar-refractivity contribution is 5.27. The van der Waals surface area contributed by atoms with Gasteiger partial charge in [0.15, 0.2) is 0 Å². The van der Waals surface area contributed by atoms with Gasteiger partial charge in [-0.05, 0) is 51.3 Å². The molecule has 1 fully saturated rings. The molecule has 0 aromatic heterocycles. The van der Waals surface area contributed by atoms with Crippen LogP contribution in [-0.2, 0) is 13.1 Å². The van der Waals surface area contributed by atoms with Crippen LogP contribution in [0, 0.1) is 0 Å². The van der Waals surface area contributed by atoms with Crippen molar-refractivity contribution in [2.45, 2.75) is 78.0 Å². The molecule has 0 bridgehead atoms. The molecule has 1 aromatic rings. The standard InChI is InChI=1S/C19H32N2/c1-5-21(18-12-8-9-13-18)15-17-11-7-6-10-16(17)14-20-19(2,3)4/h6-7,10-11,18,20H,5,8-9,12-15H2,1-4H3. The summed E-state index contributed by atoms with van der Waals surface area (Å²) in [5.74, 6) is 0. The maximum atomic E-state index is 3.62. The fourth-order valence-electron chi connectivity index (χ4n) is 3.23. The summed E-state index contributed by atoms with van der Waals surface area (Å²) in [4.78, 5) is 2.67. The molecule has 0 heterocycles. The number of benzene rings is 1. The Bertz CT molecular complexity index is 427. The van der Waals surface area contributed by atoms with Crippen LogP contribution in [0.5, 0.6) is 0 Å². The van der Waals surface area contributed by atoms with Crippen molar-refractivity contribution in [1.29, 1.82) is 0 Å². The Morgan fingerprint density at radius 2 is 1.71 bits per heavy atom. The van der Waals surface area contributed by atoms with Crippen LogP contribution >= 0.6 is 0 Å². The van der Waals surface area contributed by atoms with Crippen molar-refractivity contribution in [1.82, 2.24) is 10.2 Å². The second-order valence-electron chi connectivity index (χ2n) is 7.37. The van der Waals surface area contributed by atoms with Crippen molar-refractivity contribution in [3.8, 4) is 0 Å². The Morgan fingerprint density at radius 3 is 2.29 bits per heavy atom. The molecule has 2 heteroatoms. The van der Waals surface area contributed by atoms with Crippen LogP contribution in [0.4, 0.5) is 0 Å². The van der Waals surface area contributed by atoms with Crippen LogP contribution in [0.15, 0.2) is 24.3 Å². The molecule has 1 N–H and O–H groups in total. The molecular weight excluding hydrogens is 256 g/mol. The van der Waals surface area contributed by atoms with E-state index in [0.29, 0.717) is 0 Å². The zero-order valence-electron chi connectivity index (χ0n) is 14.3. The average Bonchev–Trinajstić information content (AvgIpc) is 2.96. The van der Waals surface area contributed by atoms with E-state index in [1.54, 1.807) is 0 Å². The van der Waals surface area contributed by atoms with E-state index in [9.17, 15) is 0 Å². The predicted octanol–water partition coefficient (Wildman–Crippen LogP) is 4.34. The molecule has 1 aliphatic rings. The van der Waals surface area contributed by atoms with E-state index in [-0.39, 0.29) is 5.54 Å². The molecule has 2 rings (SSSR count). The third kappa shape index (κ3) is 5.12. The quantitative estimate of drug-likeness (QED) is 0.837. The van der Waals surface area contributed by atoms with E-state index >= 15 is 0 Å². The highest BCUT2D eigenvalue weighted by atomic mass is 15.1. The number of rotatable bonds is 6. The summed E-state index contributed by atoms with van der Waals surface area (Å²) in [6, 6.07) is 9.72. The van der Waals surface area contributed by atoms with Crippen LogP contribution < -0.4 is 5.32 Å². The SMILES string of the molecule is CCN(Cc1ccccc1CNC(C)(C)C)C1CCCC1. The molecule has 1 saturated carbocycles. The zero-order chi connectivity index (χ0) is 15.3. The summed E-state index contributed by atoms with van der Waals surface area (Å²) in [7, 11) is 0. The predicted molar refractivity (Wildman–Crippen MR) is 91.4 cm³/mol. The van der Waals surface area contributed by atoms with Crippen LogP contribution in [0.1, 0.15) is 64.5 Å². The smallest absolute Gasteiger partial charge is 0.0239 e. The van der Waals surface area contributed by atoms with Crippen molar-refractivity contribution >= 4 is 0 Å². The third-order valence-corrected chi connectivity index (χ3v) is 4.55. The molecule has 0 aliphatic heterocycles. The second-order valence-corrected chi connectivity index (χ2v) is 7.37. The summed E-state index contributed by atoms with van der Waals surface area (Å²) < 4.78 is 0. The van der Waals surface area contributed by atoms with Crippen LogP contribution in [0.25, 0.3) is 0 Å². The van der Waals surface area contributed by atoms with Crippen molar-refractivity contribution in [2.24, 2.45) is 0 Å². The first kappa shape index (κ1) is 16.5. The second kappa shape index (κ2) is 7.42. The third-order valence-electron chi connectivity index (χ3n) is 4.55. The van der Waals surface area contributed by atoms with Crippen LogP contribution in [0.2, 0.25) is 0 Å². The molecule has 0 atom stereocenters. The van der Waals surface area contributed by atoms with Crippen molar-refractivity contribution < 1.29 is 0 Å². The first-order chi connectivity index (χ1) is 9.99. The van der Waals surface area contributed by atoms with Crippen molar-refractivity contribution in [3.05, 3.63) is 35.4 Å². The lowest BCUT2D eigenvalue weighted by Gasteiger charge is -2.29. The lowest BCUT2D eigenvalue weighted by atomic mass is 10.0. The molecule has 1 aliphatic carbocycles. The summed E-state index contributed by atoms with van der Waals surface area (Å²) in [6.07, 6.45) is 5.59. The molecule has 2 nitrogen and oxygen atoms in total. The fourth-order valence-corrected chi connectivity index (χ4v) is 3.23. The Kier molecular flexibility index (Phi) is 5.83. The van der Waals surface area contributed by atoms with E-state index in [2.05, 4.69) is 62.2 Å². The van der Waals surface area contributed by atoms with E-state index < -0.39 is 0 Å². The molecule has 21 heavy (non-hydrogen) atoms. The Morgan fingerprint density at radius 1 is 1.10 bits per heavy atom. The van der Waals surface area contributed by atoms with Crippen LogP contribution in [0.3, 0.4) is 0 Å². The molecule has 0 saturated heterocycles. The van der Waals surface area contributed by atoms with Gasteiger partial charge in [-0.2, -0.15) is 0 Å². The monoisotopic (exact) mass is 288 g/mol. The fraction of sp³-hybridized carbons (Fsp3) is 0.684. The largest absolute Gasteiger partial charge is 0.308 e. The normalized spacial score (nSPS) is 16.8. The van der Waals surface area contributed by atoms with Gasteiger partial charge >= 0.3 is 0 Å². The molecule has 0 unspecified atom stereocenters. The minimum atomic E-state index is 0.170. The molecule has 1 aromatic carbocycles. The summed E-state index contributed by atoms with van der Waals surface area (Å²) in [6.45, 7) is 12.2. The van der Waals surface area contributed by atoms with E-state index in [0.717, 1.165) is 25.7 Å². The number of hydrogen-bond donors (Lipinski definition) is 1. The van der Waals surface area contributed by atoms with Gasteiger partial charge in [-0.25, -0.2) is 0 Å². The van der Waals surface area contributed by atoms with E-state index in [1.165, 1.54) is 36.8 Å². The van der Waals surface area contributed by atoms with Gasteiger partial charge in [-0.15, -0.1) is 0 Å². The van der Waals surface area contributed by atoms with Gasteiger partial charge in [0.25, 0.3) is 0 Å². The van der Waals surface area contributed by atoms with Crippen molar-refractivity contribution in [3.63, 3.8) is 0 Å². The highest BCUT2D eigenvalue weighted by Crippen LogP contribution is 2.25. The van der Waals surface area contributed by atoms with E-state index in [4.69, 9.17) is 0 Å². The summed E-state index contributed by atoms with van der Waals surface area (Å²) >= 11 is 0. The minimum Gasteiger partial charge on any atom is -0.308 e. The topological polar surface area (TPSA) is 15.3 Å². The van der Waals surface area contributed by atoms with Crippen molar-refractivity contribution in [2.75, 3.05) is 6.54 Å². The van der Waals surface area contributed by atoms with Gasteiger partial charge in [-0.3, -0.25) is 4.90 Å². The molecule has 0 amide bonds. The summed E-state index contributed by atoms with van der Waals surface area (Å²) in [5.41, 5.74) is 3.11. The van der Waals surface area contributed by atoms with Gasteiger partial charge in [0, 0.05) is 24.7 Å². The van der Waals surface area contributed by atoms with Gasteiger partial charge in [0.05, 0.1) is 0 Å². The molecule has 0 spiro atoms. The molecular formula is C19H32N2. The highest BCUT2D eigenvalue weighted by Gasteiger charge is 2.22. The molecule has 0 radical (unpaired) electrons. The zero-order valence-corrected chi connectivity index (χ0v) is 14.3. The first-order valence-electron chi connectivity index (χ1n) is 8.55. The first-order valence-corrected chi connectivity index (χ1v) is 8.55. The number of hydrogen-bond acceptors (Lipinski definition) is 2. The van der Waals surface area contributed by atoms with Gasteiger partial charge in [0.1, 0.15) is 0 Å². The minimum absolute atomic E-state index is 0.170. The Hall–Kier alpha value is -0.860. The van der Waals surface area contributed by atoms with Gasteiger partial charge in [-0.1, -0.05) is 44.0 Å². The average molecular weight is 288 g/mol. The van der Waals surface area contributed by atoms with Gasteiger partial charge < -0.3 is 5.32 Å².